The predicted molar refractivity (Wildman–Crippen MR) is 95.5 cm³/mol. The number of alkyl halides is 1. The second-order valence-corrected chi connectivity index (χ2v) is 6.20. The Morgan fingerprint density at radius 3 is 2.74 bits per heavy atom. The Morgan fingerprint density at radius 1 is 1.22 bits per heavy atom. The number of furan rings is 1. The first-order valence-electron chi connectivity index (χ1n) is 7.10. The Labute approximate surface area is 147 Å². The number of carbonyl (C=O) groups excluding carboxylic acids is 1. The van der Waals surface area contributed by atoms with Crippen LogP contribution in [0.3, 0.4) is 0 Å². The molecule has 0 aliphatic carbocycles. The molecule has 0 radical (unpaired) electrons. The first kappa shape index (κ1) is 16.1. The van der Waals surface area contributed by atoms with Crippen LogP contribution >= 0.6 is 27.5 Å². The van der Waals surface area contributed by atoms with Crippen molar-refractivity contribution in [3.8, 4) is 11.3 Å². The van der Waals surface area contributed by atoms with Gasteiger partial charge in [0.05, 0.1) is 12.7 Å². The third-order valence-electron chi connectivity index (χ3n) is 3.69. The highest BCUT2D eigenvalue weighted by atomic mass is 79.9. The topological polar surface area (TPSA) is 39.4 Å². The number of fused-ring (bicyclic) bond motifs is 1. The van der Waals surface area contributed by atoms with Crippen molar-refractivity contribution in [2.45, 2.75) is 6.42 Å². The number of benzene rings is 2. The number of rotatable bonds is 4. The van der Waals surface area contributed by atoms with Gasteiger partial charge in [0.1, 0.15) is 5.76 Å². The molecule has 3 rings (SSSR count). The number of hydrogen-bond donors (Lipinski definition) is 0. The molecule has 0 atom stereocenters. The maximum atomic E-state index is 12.0. The van der Waals surface area contributed by atoms with Gasteiger partial charge in [0.2, 0.25) is 5.22 Å². The Balaban J connectivity index is 2.20. The molecule has 3 aromatic rings. The van der Waals surface area contributed by atoms with E-state index in [1.807, 2.05) is 30.3 Å². The summed E-state index contributed by atoms with van der Waals surface area (Å²) in [5, 5.41) is 2.93. The fourth-order valence-corrected chi connectivity index (χ4v) is 3.28. The molecule has 0 aliphatic rings. The van der Waals surface area contributed by atoms with E-state index in [1.165, 1.54) is 12.7 Å². The average molecular weight is 394 g/mol. The van der Waals surface area contributed by atoms with Crippen molar-refractivity contribution in [3.05, 3.63) is 58.8 Å². The van der Waals surface area contributed by atoms with E-state index in [2.05, 4.69) is 15.9 Å². The molecule has 2 aromatic carbocycles. The van der Waals surface area contributed by atoms with Gasteiger partial charge in [-0.3, -0.25) is 0 Å². The number of carbonyl (C=O) groups is 1. The second kappa shape index (κ2) is 6.77. The van der Waals surface area contributed by atoms with E-state index < -0.39 is 5.97 Å². The minimum Gasteiger partial charge on any atom is -0.465 e. The molecule has 0 fully saturated rings. The van der Waals surface area contributed by atoms with Crippen LogP contribution in [0.5, 0.6) is 0 Å². The maximum Gasteiger partial charge on any atom is 0.338 e. The number of aryl methyl sites for hydroxylation is 1. The molecule has 0 unspecified atom stereocenters. The van der Waals surface area contributed by atoms with E-state index in [0.717, 1.165) is 22.5 Å². The summed E-state index contributed by atoms with van der Waals surface area (Å²) < 4.78 is 10.6. The maximum absolute atomic E-state index is 12.0. The summed E-state index contributed by atoms with van der Waals surface area (Å²) in [7, 11) is 1.36. The number of esters is 1. The molecular weight excluding hydrogens is 380 g/mol. The third kappa shape index (κ3) is 3.01. The van der Waals surface area contributed by atoms with Crippen LogP contribution in [0.2, 0.25) is 5.22 Å². The first-order chi connectivity index (χ1) is 11.2. The van der Waals surface area contributed by atoms with Crippen molar-refractivity contribution in [3.63, 3.8) is 0 Å². The minimum absolute atomic E-state index is 0.325. The molecule has 0 amide bonds. The normalized spacial score (nSPS) is 10.9. The quantitative estimate of drug-likeness (QED) is 0.435. The molecule has 118 valence electrons. The van der Waals surface area contributed by atoms with Crippen LogP contribution in [-0.2, 0) is 11.2 Å². The number of ether oxygens (including phenoxy) is 1. The van der Waals surface area contributed by atoms with Crippen molar-refractivity contribution >= 4 is 44.3 Å². The second-order valence-electron chi connectivity index (χ2n) is 5.06. The molecule has 23 heavy (non-hydrogen) atoms. The smallest absolute Gasteiger partial charge is 0.338 e. The highest BCUT2D eigenvalue weighted by Crippen LogP contribution is 2.38. The molecule has 0 bridgehead atoms. The zero-order valence-corrected chi connectivity index (χ0v) is 14.8. The van der Waals surface area contributed by atoms with Gasteiger partial charge in [-0.15, -0.1) is 0 Å². The highest BCUT2D eigenvalue weighted by Gasteiger charge is 2.19. The van der Waals surface area contributed by atoms with Crippen molar-refractivity contribution in [1.29, 1.82) is 0 Å². The number of methoxy groups -OCH3 is 1. The van der Waals surface area contributed by atoms with E-state index >= 15 is 0 Å². The van der Waals surface area contributed by atoms with Gasteiger partial charge in [0.15, 0.2) is 0 Å². The lowest BCUT2D eigenvalue weighted by Crippen LogP contribution is -2.02. The van der Waals surface area contributed by atoms with E-state index in [4.69, 9.17) is 20.8 Å². The van der Waals surface area contributed by atoms with E-state index in [-0.39, 0.29) is 0 Å². The molecule has 0 saturated heterocycles. The van der Waals surface area contributed by atoms with Crippen LogP contribution < -0.4 is 0 Å². The van der Waals surface area contributed by atoms with Crippen LogP contribution in [-0.4, -0.2) is 18.4 Å². The predicted octanol–water partition coefficient (Wildman–Crippen LogP) is 5.48. The Hall–Kier alpha value is -1.78. The van der Waals surface area contributed by atoms with Gasteiger partial charge in [-0.2, -0.15) is 0 Å². The zero-order valence-electron chi connectivity index (χ0n) is 12.4. The molecule has 0 aliphatic heterocycles. The van der Waals surface area contributed by atoms with Crippen LogP contribution in [0.15, 0.2) is 46.9 Å². The van der Waals surface area contributed by atoms with Gasteiger partial charge in [-0.25, -0.2) is 4.79 Å². The summed E-state index contributed by atoms with van der Waals surface area (Å²) in [5.41, 5.74) is 2.29. The molecule has 1 heterocycles. The van der Waals surface area contributed by atoms with Crippen molar-refractivity contribution in [1.82, 2.24) is 0 Å². The minimum atomic E-state index is -0.405. The summed E-state index contributed by atoms with van der Waals surface area (Å²) in [6.07, 6.45) is 0.908. The van der Waals surface area contributed by atoms with Crippen molar-refractivity contribution in [2.24, 2.45) is 0 Å². The fourth-order valence-electron chi connectivity index (χ4n) is 2.59. The summed E-state index contributed by atoms with van der Waals surface area (Å²) in [6.45, 7) is 0. The van der Waals surface area contributed by atoms with Crippen LogP contribution in [0.4, 0.5) is 0 Å². The molecule has 1 aromatic heterocycles. The Morgan fingerprint density at radius 2 is 2.00 bits per heavy atom. The van der Waals surface area contributed by atoms with Crippen molar-refractivity contribution in [2.75, 3.05) is 12.4 Å². The van der Waals surface area contributed by atoms with Crippen LogP contribution in [0.1, 0.15) is 15.9 Å². The summed E-state index contributed by atoms with van der Waals surface area (Å²) >= 11 is 9.71. The summed E-state index contributed by atoms with van der Waals surface area (Å²) in [4.78, 5) is 12.0. The fraction of sp³-hybridized carbons (Fsp3) is 0.167. The van der Waals surface area contributed by atoms with E-state index in [9.17, 15) is 4.79 Å². The molecule has 0 spiro atoms. The highest BCUT2D eigenvalue weighted by molar-refractivity contribution is 9.09. The lowest BCUT2D eigenvalue weighted by molar-refractivity contribution is 0.0601. The van der Waals surface area contributed by atoms with Crippen LogP contribution in [0.25, 0.3) is 22.1 Å². The molecule has 3 nitrogen and oxygen atoms in total. The van der Waals surface area contributed by atoms with E-state index in [1.54, 1.807) is 12.1 Å². The van der Waals surface area contributed by atoms with Crippen LogP contribution in [0, 0.1) is 0 Å². The summed E-state index contributed by atoms with van der Waals surface area (Å²) in [5.74, 6) is 0.175. The first-order valence-corrected chi connectivity index (χ1v) is 8.60. The van der Waals surface area contributed by atoms with Gasteiger partial charge in [0, 0.05) is 21.7 Å². The number of hydrogen-bond acceptors (Lipinski definition) is 3. The Kier molecular flexibility index (Phi) is 4.74. The SMILES string of the molecule is COC(=O)c1ccccc1-c1oc(Cl)c2cc(CCBr)ccc12. The standard InChI is InChI=1S/C18H14BrClO3/c1-22-18(21)14-5-3-2-4-12(14)16-13-7-6-11(8-9-19)10-15(13)17(20)23-16/h2-7,10H,8-9H2,1H3. The van der Waals surface area contributed by atoms with Crippen molar-refractivity contribution < 1.29 is 13.9 Å². The van der Waals surface area contributed by atoms with Gasteiger partial charge in [-0.1, -0.05) is 46.3 Å². The summed E-state index contributed by atoms with van der Waals surface area (Å²) in [6, 6.07) is 13.2. The van der Waals surface area contributed by atoms with E-state index in [0.29, 0.717) is 22.1 Å². The molecule has 5 heteroatoms. The lowest BCUT2D eigenvalue weighted by Gasteiger charge is -2.06. The van der Waals surface area contributed by atoms with Gasteiger partial charge in [0.25, 0.3) is 0 Å². The average Bonchev–Trinajstić information content (AvgIpc) is 2.91. The zero-order chi connectivity index (χ0) is 16.4. The van der Waals surface area contributed by atoms with Gasteiger partial charge >= 0.3 is 5.97 Å². The number of halogens is 2. The monoisotopic (exact) mass is 392 g/mol. The largest absolute Gasteiger partial charge is 0.465 e. The van der Waals surface area contributed by atoms with Gasteiger partial charge in [-0.05, 0) is 35.7 Å². The van der Waals surface area contributed by atoms with Gasteiger partial charge < -0.3 is 9.15 Å². The Bertz CT molecular complexity index is 870. The molecule has 0 saturated carbocycles. The molecule has 0 N–H and O–H groups in total. The third-order valence-corrected chi connectivity index (χ3v) is 4.37. The lowest BCUT2D eigenvalue weighted by atomic mass is 10.0. The molecular formula is C18H14BrClO3.